The fraction of sp³-hybridized carbons (Fsp3) is 0.333. The van der Waals surface area contributed by atoms with Crippen LogP contribution in [0.1, 0.15) is 0 Å². The number of hydrogen-bond acceptors (Lipinski definition) is 2. The molecule has 0 heterocycles. The molecule has 4 heteroatoms. The van der Waals surface area contributed by atoms with E-state index >= 15 is 0 Å². The van der Waals surface area contributed by atoms with Crippen LogP contribution in [0.4, 0.5) is 0 Å². The number of guanidine groups is 1. The zero-order valence-corrected chi connectivity index (χ0v) is 3.79. The number of nitrogens with two attached hydrogens (primary N) is 2. The Balaban J connectivity index is 3.25. The van der Waals surface area contributed by atoms with Gasteiger partial charge in [-0.25, -0.2) is 4.99 Å². The molecule has 0 saturated carbocycles. The van der Waals surface area contributed by atoms with Crippen molar-refractivity contribution in [3.8, 4) is 0 Å². The van der Waals surface area contributed by atoms with Gasteiger partial charge in [0.1, 0.15) is 6.29 Å². The van der Waals surface area contributed by atoms with Crippen molar-refractivity contribution in [2.45, 2.75) is 0 Å². The average Bonchev–Trinajstić information content (AvgIpc) is 1.61. The third-order valence-corrected chi connectivity index (χ3v) is 0.348. The molecule has 0 aliphatic heterocycles. The molecule has 0 fully saturated rings. The maximum atomic E-state index is 9.49. The van der Waals surface area contributed by atoms with E-state index in [-0.39, 0.29) is 12.5 Å². The van der Waals surface area contributed by atoms with Crippen LogP contribution in [-0.2, 0) is 4.79 Å². The van der Waals surface area contributed by atoms with Gasteiger partial charge in [-0.1, -0.05) is 0 Å². The standard InChI is InChI=1S/C3H7N3O/c4-3(5)6-1-2-7/h2H,1H2,(H4,4,5,6). The van der Waals surface area contributed by atoms with Gasteiger partial charge in [-0.05, 0) is 0 Å². The average molecular weight is 101 g/mol. The molecule has 4 nitrogen and oxygen atoms in total. The number of hydrogen-bond donors (Lipinski definition) is 2. The summed E-state index contributed by atoms with van der Waals surface area (Å²) in [5.74, 6) is -0.0490. The SMILES string of the molecule is NC(N)=NCC=O. The molecule has 0 saturated heterocycles. The molecule has 7 heavy (non-hydrogen) atoms. The minimum atomic E-state index is -0.0490. The predicted molar refractivity (Wildman–Crippen MR) is 26.7 cm³/mol. The largest absolute Gasteiger partial charge is 0.370 e. The second kappa shape index (κ2) is 3.14. The number of aldehydes is 1. The van der Waals surface area contributed by atoms with Crippen molar-refractivity contribution in [2.75, 3.05) is 6.54 Å². The molecule has 0 aliphatic rings. The van der Waals surface area contributed by atoms with E-state index in [2.05, 4.69) is 4.99 Å². The molecule has 0 bridgehead atoms. The minimum Gasteiger partial charge on any atom is -0.370 e. The Bertz CT molecular complexity index is 84.2. The molecule has 0 aliphatic carbocycles. The van der Waals surface area contributed by atoms with Crippen molar-refractivity contribution in [1.29, 1.82) is 0 Å². The number of carbonyl (C=O) groups excluding carboxylic acids is 1. The first-order valence-electron chi connectivity index (χ1n) is 1.76. The summed E-state index contributed by atoms with van der Waals surface area (Å²) in [5, 5.41) is 0. The van der Waals surface area contributed by atoms with E-state index in [1.807, 2.05) is 0 Å². The van der Waals surface area contributed by atoms with Crippen molar-refractivity contribution >= 4 is 12.2 Å². The molecular formula is C3H7N3O. The molecule has 0 aromatic rings. The van der Waals surface area contributed by atoms with Gasteiger partial charge in [-0.15, -0.1) is 0 Å². The smallest absolute Gasteiger partial charge is 0.186 e. The van der Waals surface area contributed by atoms with E-state index in [4.69, 9.17) is 11.5 Å². The van der Waals surface area contributed by atoms with E-state index in [0.29, 0.717) is 6.29 Å². The van der Waals surface area contributed by atoms with Crippen molar-refractivity contribution < 1.29 is 4.79 Å². The van der Waals surface area contributed by atoms with Gasteiger partial charge in [-0.2, -0.15) is 0 Å². The molecule has 0 unspecified atom stereocenters. The molecular weight excluding hydrogens is 94.1 g/mol. The van der Waals surface area contributed by atoms with Crippen LogP contribution >= 0.6 is 0 Å². The Kier molecular flexibility index (Phi) is 2.67. The van der Waals surface area contributed by atoms with Crippen LogP contribution in [-0.4, -0.2) is 18.8 Å². The Morgan fingerprint density at radius 3 is 2.43 bits per heavy atom. The number of carbonyl (C=O) groups is 1. The van der Waals surface area contributed by atoms with Crippen molar-refractivity contribution in [3.05, 3.63) is 0 Å². The van der Waals surface area contributed by atoms with Crippen LogP contribution in [0, 0.1) is 0 Å². The maximum Gasteiger partial charge on any atom is 0.186 e. The monoisotopic (exact) mass is 101 g/mol. The van der Waals surface area contributed by atoms with Gasteiger partial charge >= 0.3 is 0 Å². The predicted octanol–water partition coefficient (Wildman–Crippen LogP) is -1.54. The van der Waals surface area contributed by atoms with Crippen molar-refractivity contribution in [1.82, 2.24) is 0 Å². The highest BCUT2D eigenvalue weighted by Crippen LogP contribution is 1.56. The van der Waals surface area contributed by atoms with Gasteiger partial charge in [0.05, 0.1) is 6.54 Å². The first-order valence-corrected chi connectivity index (χ1v) is 1.76. The highest BCUT2D eigenvalue weighted by Gasteiger charge is 1.73. The fourth-order valence-corrected chi connectivity index (χ4v) is 0.143. The highest BCUT2D eigenvalue weighted by molar-refractivity contribution is 5.77. The quantitative estimate of drug-likeness (QED) is 0.251. The van der Waals surface area contributed by atoms with Gasteiger partial charge in [0.2, 0.25) is 0 Å². The fourth-order valence-electron chi connectivity index (χ4n) is 0.143. The summed E-state index contributed by atoms with van der Waals surface area (Å²) in [5.41, 5.74) is 9.69. The van der Waals surface area contributed by atoms with E-state index in [9.17, 15) is 4.79 Å². The summed E-state index contributed by atoms with van der Waals surface area (Å²) in [6.45, 7) is 0.0579. The summed E-state index contributed by atoms with van der Waals surface area (Å²) in [6.07, 6.45) is 0.625. The summed E-state index contributed by atoms with van der Waals surface area (Å²) >= 11 is 0. The summed E-state index contributed by atoms with van der Waals surface area (Å²) in [4.78, 5) is 12.8. The topological polar surface area (TPSA) is 81.5 Å². The molecule has 0 atom stereocenters. The van der Waals surface area contributed by atoms with Gasteiger partial charge in [-0.3, -0.25) is 0 Å². The van der Waals surface area contributed by atoms with Gasteiger partial charge in [0.25, 0.3) is 0 Å². The van der Waals surface area contributed by atoms with E-state index in [1.54, 1.807) is 0 Å². The van der Waals surface area contributed by atoms with E-state index in [0.717, 1.165) is 0 Å². The molecule has 0 aromatic heterocycles. The van der Waals surface area contributed by atoms with E-state index < -0.39 is 0 Å². The molecule has 0 spiro atoms. The molecule has 40 valence electrons. The first-order chi connectivity index (χ1) is 3.27. The minimum absolute atomic E-state index is 0.0490. The molecule has 0 rings (SSSR count). The molecule has 0 amide bonds. The lowest BCUT2D eigenvalue weighted by Crippen LogP contribution is -2.23. The van der Waals surface area contributed by atoms with Crippen LogP contribution in [0.15, 0.2) is 4.99 Å². The molecule has 0 aromatic carbocycles. The maximum absolute atomic E-state index is 9.49. The Morgan fingerprint density at radius 1 is 1.71 bits per heavy atom. The van der Waals surface area contributed by atoms with Crippen LogP contribution in [0.25, 0.3) is 0 Å². The van der Waals surface area contributed by atoms with Gasteiger partial charge in [0.15, 0.2) is 5.96 Å². The second-order valence-corrected chi connectivity index (χ2v) is 0.932. The lowest BCUT2D eigenvalue weighted by molar-refractivity contribution is -0.106. The Labute approximate surface area is 41.2 Å². The normalized spacial score (nSPS) is 7.43. The second-order valence-electron chi connectivity index (χ2n) is 0.932. The number of rotatable bonds is 2. The lowest BCUT2D eigenvalue weighted by atomic mass is 10.8. The lowest BCUT2D eigenvalue weighted by Gasteiger charge is -1.82. The van der Waals surface area contributed by atoms with Crippen LogP contribution in [0.2, 0.25) is 0 Å². The number of nitrogens with zero attached hydrogens (tertiary/aromatic N) is 1. The van der Waals surface area contributed by atoms with Crippen LogP contribution < -0.4 is 11.5 Å². The van der Waals surface area contributed by atoms with Crippen molar-refractivity contribution in [2.24, 2.45) is 16.5 Å². The van der Waals surface area contributed by atoms with Crippen LogP contribution in [0.3, 0.4) is 0 Å². The van der Waals surface area contributed by atoms with Gasteiger partial charge in [0, 0.05) is 0 Å². The molecule has 0 radical (unpaired) electrons. The Morgan fingerprint density at radius 2 is 2.29 bits per heavy atom. The zero-order valence-electron chi connectivity index (χ0n) is 3.79. The van der Waals surface area contributed by atoms with Gasteiger partial charge < -0.3 is 16.3 Å². The zero-order chi connectivity index (χ0) is 5.70. The highest BCUT2D eigenvalue weighted by atomic mass is 16.1. The van der Waals surface area contributed by atoms with Crippen LogP contribution in [0.5, 0.6) is 0 Å². The third kappa shape index (κ3) is 4.94. The van der Waals surface area contributed by atoms with E-state index in [1.165, 1.54) is 0 Å². The van der Waals surface area contributed by atoms with Crippen molar-refractivity contribution in [3.63, 3.8) is 0 Å². The molecule has 4 N–H and O–H groups in total. The Hall–Kier alpha value is -1.06. The summed E-state index contributed by atoms with van der Waals surface area (Å²) in [6, 6.07) is 0. The first kappa shape index (κ1) is 5.94. The summed E-state index contributed by atoms with van der Waals surface area (Å²) < 4.78 is 0. The number of aliphatic imine (C=N–C) groups is 1. The summed E-state index contributed by atoms with van der Waals surface area (Å²) in [7, 11) is 0. The third-order valence-electron chi connectivity index (χ3n) is 0.348.